The zero-order chi connectivity index (χ0) is 19.0. The first-order valence-corrected chi connectivity index (χ1v) is 8.70. The molecule has 10 nitrogen and oxygen atoms in total. The highest BCUT2D eigenvalue weighted by Gasteiger charge is 2.32. The number of amides is 1. The van der Waals surface area contributed by atoms with E-state index in [-0.39, 0.29) is 24.1 Å². The van der Waals surface area contributed by atoms with Crippen molar-refractivity contribution in [2.75, 3.05) is 33.0 Å². The molecular formula is C17H20N5O5+. The number of benzene rings is 1. The molecule has 27 heavy (non-hydrogen) atoms. The lowest BCUT2D eigenvalue weighted by molar-refractivity contribution is -0.917. The first kappa shape index (κ1) is 17.3. The van der Waals surface area contributed by atoms with Crippen LogP contribution < -0.4 is 14.4 Å². The number of rotatable bonds is 4. The second kappa shape index (κ2) is 6.88. The van der Waals surface area contributed by atoms with Gasteiger partial charge in [-0.2, -0.15) is 5.10 Å². The van der Waals surface area contributed by atoms with Crippen LogP contribution in [-0.4, -0.2) is 58.5 Å². The molecular weight excluding hydrogens is 354 g/mol. The van der Waals surface area contributed by atoms with E-state index in [9.17, 15) is 14.9 Å². The third-order valence-electron chi connectivity index (χ3n) is 4.86. The van der Waals surface area contributed by atoms with Gasteiger partial charge in [-0.05, 0) is 18.2 Å². The van der Waals surface area contributed by atoms with E-state index in [0.717, 1.165) is 36.7 Å². The summed E-state index contributed by atoms with van der Waals surface area (Å²) in [4.78, 5) is 26.2. The van der Waals surface area contributed by atoms with Gasteiger partial charge in [0.2, 0.25) is 12.5 Å². The molecule has 4 rings (SSSR count). The summed E-state index contributed by atoms with van der Waals surface area (Å²) in [6.07, 6.45) is 1.26. The van der Waals surface area contributed by atoms with Crippen LogP contribution in [0, 0.1) is 10.1 Å². The Kier molecular flexibility index (Phi) is 4.40. The minimum Gasteiger partial charge on any atom is -0.454 e. The predicted molar refractivity (Wildman–Crippen MR) is 92.7 cm³/mol. The fraction of sp³-hybridized carbons (Fsp3) is 0.412. The first-order valence-electron chi connectivity index (χ1n) is 8.70. The van der Waals surface area contributed by atoms with E-state index in [2.05, 4.69) is 5.10 Å². The van der Waals surface area contributed by atoms with Crippen molar-refractivity contribution in [3.05, 3.63) is 45.8 Å². The standard InChI is InChI=1S/C17H19N5O5/c1-19-10-13(22(24)25)16(18-19)17(23)21-6-4-20(5-7-21)9-12-2-3-14-15(8-12)27-11-26-14/h2-3,8,10H,4-7,9,11H2,1H3/p+1. The molecule has 0 bridgehead atoms. The number of aromatic nitrogens is 2. The van der Waals surface area contributed by atoms with Gasteiger partial charge in [-0.1, -0.05) is 0 Å². The van der Waals surface area contributed by atoms with Gasteiger partial charge in [0.1, 0.15) is 12.7 Å². The van der Waals surface area contributed by atoms with Crippen molar-refractivity contribution in [1.82, 2.24) is 14.7 Å². The van der Waals surface area contributed by atoms with Gasteiger partial charge in [0.25, 0.3) is 5.91 Å². The predicted octanol–water partition coefficient (Wildman–Crippen LogP) is -0.402. The Labute approximate surface area is 155 Å². The number of nitro groups is 1. The lowest BCUT2D eigenvalue weighted by Gasteiger charge is -2.31. The Morgan fingerprint density at radius 3 is 2.78 bits per heavy atom. The zero-order valence-electron chi connectivity index (χ0n) is 14.9. The highest BCUT2D eigenvalue weighted by molar-refractivity contribution is 5.96. The minimum absolute atomic E-state index is 0.0956. The molecule has 1 fully saturated rings. The molecule has 1 N–H and O–H groups in total. The van der Waals surface area contributed by atoms with Crippen LogP contribution in [0.5, 0.6) is 11.5 Å². The van der Waals surface area contributed by atoms with Crippen LogP contribution in [-0.2, 0) is 13.6 Å². The second-order valence-electron chi connectivity index (χ2n) is 6.70. The average molecular weight is 374 g/mol. The number of hydrogen-bond donors (Lipinski definition) is 1. The van der Waals surface area contributed by atoms with Crippen LogP contribution in [0.1, 0.15) is 16.1 Å². The van der Waals surface area contributed by atoms with Gasteiger partial charge < -0.3 is 19.3 Å². The quantitative estimate of drug-likeness (QED) is 0.577. The monoisotopic (exact) mass is 374 g/mol. The molecule has 2 aliphatic heterocycles. The molecule has 1 aromatic carbocycles. The number of hydrogen-bond acceptors (Lipinski definition) is 6. The highest BCUT2D eigenvalue weighted by Crippen LogP contribution is 2.32. The van der Waals surface area contributed by atoms with E-state index in [4.69, 9.17) is 9.47 Å². The van der Waals surface area contributed by atoms with Crippen molar-refractivity contribution in [1.29, 1.82) is 0 Å². The molecule has 0 atom stereocenters. The lowest BCUT2D eigenvalue weighted by atomic mass is 10.1. The van der Waals surface area contributed by atoms with Gasteiger partial charge in [0, 0.05) is 12.6 Å². The van der Waals surface area contributed by atoms with Crippen molar-refractivity contribution < 1.29 is 24.1 Å². The molecule has 142 valence electrons. The summed E-state index contributed by atoms with van der Waals surface area (Å²) in [5.41, 5.74) is 0.800. The molecule has 3 heterocycles. The molecule has 1 amide bonds. The third-order valence-corrected chi connectivity index (χ3v) is 4.86. The average Bonchev–Trinajstić information content (AvgIpc) is 3.27. The zero-order valence-corrected chi connectivity index (χ0v) is 14.9. The van der Waals surface area contributed by atoms with Gasteiger partial charge >= 0.3 is 5.69 Å². The van der Waals surface area contributed by atoms with Crippen LogP contribution >= 0.6 is 0 Å². The molecule has 0 saturated carbocycles. The van der Waals surface area contributed by atoms with Crippen molar-refractivity contribution in [2.45, 2.75) is 6.54 Å². The van der Waals surface area contributed by atoms with Crippen LogP contribution in [0.2, 0.25) is 0 Å². The van der Waals surface area contributed by atoms with E-state index >= 15 is 0 Å². The number of nitrogens with zero attached hydrogens (tertiary/aromatic N) is 4. The summed E-state index contributed by atoms with van der Waals surface area (Å²) in [5, 5.41) is 15.1. The summed E-state index contributed by atoms with van der Waals surface area (Å²) in [5.74, 6) is 1.15. The normalized spacial score (nSPS) is 16.6. The molecule has 0 aliphatic carbocycles. The van der Waals surface area contributed by atoms with Crippen LogP contribution in [0.4, 0.5) is 5.69 Å². The number of carbonyl (C=O) groups excluding carboxylic acids is 1. The number of fused-ring (bicyclic) bond motifs is 1. The van der Waals surface area contributed by atoms with Gasteiger partial charge in [-0.15, -0.1) is 0 Å². The van der Waals surface area contributed by atoms with Crippen molar-refractivity contribution in [3.8, 4) is 11.5 Å². The van der Waals surface area contributed by atoms with E-state index in [1.54, 1.807) is 11.9 Å². The third kappa shape index (κ3) is 3.43. The summed E-state index contributed by atoms with van der Waals surface area (Å²) in [7, 11) is 1.57. The molecule has 0 radical (unpaired) electrons. The number of aryl methyl sites for hydroxylation is 1. The molecule has 0 unspecified atom stereocenters. The first-order chi connectivity index (χ1) is 13.0. The van der Waals surface area contributed by atoms with Crippen LogP contribution in [0.3, 0.4) is 0 Å². The Morgan fingerprint density at radius 2 is 2.04 bits per heavy atom. The maximum atomic E-state index is 12.6. The van der Waals surface area contributed by atoms with Crippen molar-refractivity contribution >= 4 is 11.6 Å². The van der Waals surface area contributed by atoms with E-state index in [1.807, 2.05) is 18.2 Å². The number of ether oxygens (including phenoxy) is 2. The summed E-state index contributed by atoms with van der Waals surface area (Å²) in [6.45, 7) is 3.68. The minimum atomic E-state index is -0.568. The maximum absolute atomic E-state index is 12.6. The maximum Gasteiger partial charge on any atom is 0.320 e. The molecule has 1 aromatic heterocycles. The second-order valence-corrected chi connectivity index (χ2v) is 6.70. The van der Waals surface area contributed by atoms with E-state index in [1.165, 1.54) is 15.8 Å². The molecule has 2 aliphatic rings. The summed E-state index contributed by atoms with van der Waals surface area (Å²) in [6, 6.07) is 5.93. The van der Waals surface area contributed by atoms with Gasteiger partial charge in [0.15, 0.2) is 11.5 Å². The topological polar surface area (TPSA) is 104 Å². The van der Waals surface area contributed by atoms with Crippen LogP contribution in [0.25, 0.3) is 0 Å². The Hall–Kier alpha value is -3.14. The van der Waals surface area contributed by atoms with Gasteiger partial charge in [-0.3, -0.25) is 19.6 Å². The smallest absolute Gasteiger partial charge is 0.320 e. The SMILES string of the molecule is Cn1cc([N+](=O)[O-])c(C(=O)N2CC[NH+](Cc3ccc4c(c3)OCO4)CC2)n1. The Balaban J connectivity index is 1.37. The molecule has 1 saturated heterocycles. The number of quaternary nitrogens is 1. The fourth-order valence-corrected chi connectivity index (χ4v) is 3.45. The molecule has 0 spiro atoms. The summed E-state index contributed by atoms with van der Waals surface area (Å²) < 4.78 is 12.0. The van der Waals surface area contributed by atoms with Crippen LogP contribution in [0.15, 0.2) is 24.4 Å². The lowest BCUT2D eigenvalue weighted by Crippen LogP contribution is -3.13. The Morgan fingerprint density at radius 1 is 1.30 bits per heavy atom. The van der Waals surface area contributed by atoms with Gasteiger partial charge in [0.05, 0.1) is 31.1 Å². The van der Waals surface area contributed by atoms with Crippen molar-refractivity contribution in [3.63, 3.8) is 0 Å². The number of carbonyl (C=O) groups is 1. The highest BCUT2D eigenvalue weighted by atomic mass is 16.7. The Bertz CT molecular complexity index is 888. The number of nitrogens with one attached hydrogen (secondary N) is 1. The van der Waals surface area contributed by atoms with E-state index < -0.39 is 4.92 Å². The van der Waals surface area contributed by atoms with Gasteiger partial charge in [-0.25, -0.2) is 0 Å². The molecule has 2 aromatic rings. The fourth-order valence-electron chi connectivity index (χ4n) is 3.45. The molecule has 10 heteroatoms. The van der Waals surface area contributed by atoms with E-state index in [0.29, 0.717) is 13.1 Å². The largest absolute Gasteiger partial charge is 0.454 e. The summed E-state index contributed by atoms with van der Waals surface area (Å²) >= 11 is 0. The number of piperazine rings is 1. The van der Waals surface area contributed by atoms with Crippen molar-refractivity contribution in [2.24, 2.45) is 7.05 Å².